The van der Waals surface area contributed by atoms with Gasteiger partial charge < -0.3 is 4.90 Å². The fraction of sp³-hybridized carbons (Fsp3) is 0.286. The SMILES string of the molecule is CC(c1cccs1)N(C)c1ccc([N+](=O)[O-])c(CCl)c1. The summed E-state index contributed by atoms with van der Waals surface area (Å²) in [6, 6.07) is 9.38. The van der Waals surface area contributed by atoms with Crippen LogP contribution in [0.4, 0.5) is 11.4 Å². The van der Waals surface area contributed by atoms with Gasteiger partial charge in [-0.25, -0.2) is 0 Å². The van der Waals surface area contributed by atoms with E-state index in [0.717, 1.165) is 5.69 Å². The number of nitro groups is 1. The maximum absolute atomic E-state index is 10.9. The van der Waals surface area contributed by atoms with Gasteiger partial charge in [0.2, 0.25) is 0 Å². The Hall–Kier alpha value is -1.59. The summed E-state index contributed by atoms with van der Waals surface area (Å²) < 4.78 is 0. The molecule has 1 atom stereocenters. The Bertz CT molecular complexity index is 601. The van der Waals surface area contributed by atoms with Crippen molar-refractivity contribution in [2.45, 2.75) is 18.8 Å². The van der Waals surface area contributed by atoms with Crippen LogP contribution in [0, 0.1) is 10.1 Å². The lowest BCUT2D eigenvalue weighted by Gasteiger charge is -2.26. The number of alkyl halides is 1. The lowest BCUT2D eigenvalue weighted by molar-refractivity contribution is -0.385. The zero-order valence-electron chi connectivity index (χ0n) is 11.2. The van der Waals surface area contributed by atoms with Crippen molar-refractivity contribution in [2.75, 3.05) is 11.9 Å². The number of anilines is 1. The van der Waals surface area contributed by atoms with Gasteiger partial charge in [-0.05, 0) is 30.5 Å². The van der Waals surface area contributed by atoms with Crippen LogP contribution in [0.3, 0.4) is 0 Å². The fourth-order valence-electron chi connectivity index (χ4n) is 2.02. The van der Waals surface area contributed by atoms with Crippen molar-refractivity contribution in [2.24, 2.45) is 0 Å². The van der Waals surface area contributed by atoms with Gasteiger partial charge in [0.25, 0.3) is 5.69 Å². The summed E-state index contributed by atoms with van der Waals surface area (Å²) in [5, 5.41) is 13.0. The minimum atomic E-state index is -0.399. The minimum Gasteiger partial charge on any atom is -0.367 e. The van der Waals surface area contributed by atoms with Gasteiger partial charge in [-0.15, -0.1) is 22.9 Å². The summed E-state index contributed by atoms with van der Waals surface area (Å²) in [6.07, 6.45) is 0. The average Bonchev–Trinajstić information content (AvgIpc) is 2.99. The molecule has 4 nitrogen and oxygen atoms in total. The molecule has 6 heteroatoms. The second-order valence-corrected chi connectivity index (χ2v) is 5.75. The van der Waals surface area contributed by atoms with Gasteiger partial charge in [0, 0.05) is 29.2 Å². The molecule has 0 aliphatic heterocycles. The van der Waals surface area contributed by atoms with Gasteiger partial charge in [0.05, 0.1) is 16.8 Å². The van der Waals surface area contributed by atoms with E-state index in [1.807, 2.05) is 18.5 Å². The van der Waals surface area contributed by atoms with Gasteiger partial charge in [-0.2, -0.15) is 0 Å². The Labute approximate surface area is 126 Å². The molecule has 0 N–H and O–H groups in total. The summed E-state index contributed by atoms with van der Waals surface area (Å²) in [4.78, 5) is 13.9. The van der Waals surface area contributed by atoms with Crippen LogP contribution in [0.2, 0.25) is 0 Å². The van der Waals surface area contributed by atoms with E-state index in [2.05, 4.69) is 17.9 Å². The van der Waals surface area contributed by atoms with Crippen molar-refractivity contribution in [3.05, 3.63) is 56.3 Å². The third-order valence-corrected chi connectivity index (χ3v) is 4.68. The van der Waals surface area contributed by atoms with Crippen molar-refractivity contribution in [3.8, 4) is 0 Å². The molecule has 0 radical (unpaired) electrons. The Balaban J connectivity index is 2.31. The zero-order valence-corrected chi connectivity index (χ0v) is 12.8. The van der Waals surface area contributed by atoms with E-state index in [9.17, 15) is 10.1 Å². The summed E-state index contributed by atoms with van der Waals surface area (Å²) in [7, 11) is 1.98. The van der Waals surface area contributed by atoms with Crippen molar-refractivity contribution < 1.29 is 4.92 Å². The second kappa shape index (κ2) is 6.24. The molecule has 2 rings (SSSR count). The van der Waals surface area contributed by atoms with Gasteiger partial charge in [0.15, 0.2) is 0 Å². The predicted molar refractivity (Wildman–Crippen MR) is 83.8 cm³/mol. The molecule has 2 aromatic rings. The molecule has 1 heterocycles. The highest BCUT2D eigenvalue weighted by Crippen LogP contribution is 2.31. The molecule has 0 bridgehead atoms. The smallest absolute Gasteiger partial charge is 0.273 e. The maximum Gasteiger partial charge on any atom is 0.273 e. The quantitative estimate of drug-likeness (QED) is 0.461. The molecule has 20 heavy (non-hydrogen) atoms. The standard InChI is InChI=1S/C14H15ClN2O2S/c1-10(14-4-3-7-20-14)16(2)12-5-6-13(17(18)19)11(8-12)9-15/h3-8,10H,9H2,1-2H3. The third-order valence-electron chi connectivity index (χ3n) is 3.35. The first-order valence-electron chi connectivity index (χ1n) is 6.14. The highest BCUT2D eigenvalue weighted by Gasteiger charge is 2.18. The number of nitrogens with zero attached hydrogens (tertiary/aromatic N) is 2. The molecule has 1 unspecified atom stereocenters. The third kappa shape index (κ3) is 2.94. The van der Waals surface area contributed by atoms with Gasteiger partial charge in [-0.3, -0.25) is 10.1 Å². The molecule has 0 saturated carbocycles. The molecule has 0 aliphatic rings. The van der Waals surface area contributed by atoms with Crippen molar-refractivity contribution in [1.82, 2.24) is 0 Å². The van der Waals surface area contributed by atoms with E-state index >= 15 is 0 Å². The Morgan fingerprint density at radius 2 is 2.20 bits per heavy atom. The number of rotatable bonds is 5. The number of nitro benzene ring substituents is 1. The molecular formula is C14H15ClN2O2S. The summed E-state index contributed by atoms with van der Waals surface area (Å²) in [5.41, 5.74) is 1.53. The van der Waals surface area contributed by atoms with Crippen LogP contribution < -0.4 is 4.90 Å². The van der Waals surface area contributed by atoms with E-state index < -0.39 is 4.92 Å². The number of benzene rings is 1. The zero-order chi connectivity index (χ0) is 14.7. The molecule has 0 amide bonds. The first-order valence-corrected chi connectivity index (χ1v) is 7.55. The normalized spacial score (nSPS) is 12.2. The first kappa shape index (κ1) is 14.8. The van der Waals surface area contributed by atoms with Crippen LogP contribution in [-0.2, 0) is 5.88 Å². The molecule has 1 aromatic heterocycles. The van der Waals surface area contributed by atoms with Crippen LogP contribution in [-0.4, -0.2) is 12.0 Å². The Kier molecular flexibility index (Phi) is 4.62. The monoisotopic (exact) mass is 310 g/mol. The molecule has 106 valence electrons. The minimum absolute atomic E-state index is 0.0703. The molecule has 1 aromatic carbocycles. The highest BCUT2D eigenvalue weighted by atomic mass is 35.5. The van der Waals surface area contributed by atoms with Crippen LogP contribution in [0.5, 0.6) is 0 Å². The lowest BCUT2D eigenvalue weighted by atomic mass is 10.1. The second-order valence-electron chi connectivity index (χ2n) is 4.51. The Morgan fingerprint density at radius 3 is 2.75 bits per heavy atom. The van der Waals surface area contributed by atoms with E-state index in [4.69, 9.17) is 11.6 Å². The van der Waals surface area contributed by atoms with E-state index in [1.165, 1.54) is 10.9 Å². The number of thiophene rings is 1. The summed E-state index contributed by atoms with van der Waals surface area (Å²) >= 11 is 7.51. The van der Waals surface area contributed by atoms with E-state index in [1.54, 1.807) is 23.5 Å². The Morgan fingerprint density at radius 1 is 1.45 bits per heavy atom. The predicted octanol–water partition coefficient (Wildman–Crippen LogP) is 4.59. The van der Waals surface area contributed by atoms with Crippen molar-refractivity contribution in [3.63, 3.8) is 0 Å². The molecule has 0 spiro atoms. The average molecular weight is 311 g/mol. The molecule has 0 saturated heterocycles. The largest absolute Gasteiger partial charge is 0.367 e. The van der Waals surface area contributed by atoms with Gasteiger partial charge in [-0.1, -0.05) is 6.07 Å². The molecular weight excluding hydrogens is 296 g/mol. The maximum atomic E-state index is 10.9. The van der Waals surface area contributed by atoms with Gasteiger partial charge >= 0.3 is 0 Å². The number of halogens is 1. The van der Waals surface area contributed by atoms with E-state index in [0.29, 0.717) is 5.56 Å². The van der Waals surface area contributed by atoms with Crippen molar-refractivity contribution in [1.29, 1.82) is 0 Å². The van der Waals surface area contributed by atoms with Gasteiger partial charge in [0.1, 0.15) is 0 Å². The van der Waals surface area contributed by atoms with Crippen LogP contribution in [0.1, 0.15) is 23.4 Å². The van der Waals surface area contributed by atoms with E-state index in [-0.39, 0.29) is 17.6 Å². The number of hydrogen-bond acceptors (Lipinski definition) is 4. The highest BCUT2D eigenvalue weighted by molar-refractivity contribution is 7.10. The topological polar surface area (TPSA) is 46.4 Å². The van der Waals surface area contributed by atoms with Crippen LogP contribution in [0.25, 0.3) is 0 Å². The molecule has 0 fully saturated rings. The van der Waals surface area contributed by atoms with Crippen molar-refractivity contribution >= 4 is 34.3 Å². The lowest BCUT2D eigenvalue weighted by Crippen LogP contribution is -2.20. The fourth-order valence-corrected chi connectivity index (χ4v) is 3.06. The van der Waals surface area contributed by atoms with Crippen LogP contribution >= 0.6 is 22.9 Å². The molecule has 0 aliphatic carbocycles. The summed E-state index contributed by atoms with van der Waals surface area (Å²) in [5.74, 6) is 0.130. The van der Waals surface area contributed by atoms with Crippen LogP contribution in [0.15, 0.2) is 35.7 Å². The first-order chi connectivity index (χ1) is 9.54. The summed E-state index contributed by atoms with van der Waals surface area (Å²) in [6.45, 7) is 2.10. The number of hydrogen-bond donors (Lipinski definition) is 0.